The lowest BCUT2D eigenvalue weighted by molar-refractivity contribution is -0.151. The predicted molar refractivity (Wildman–Crippen MR) is 109 cm³/mol. The highest BCUT2D eigenvalue weighted by Crippen LogP contribution is 2.25. The van der Waals surface area contributed by atoms with Crippen molar-refractivity contribution in [2.45, 2.75) is 71.9 Å². The van der Waals surface area contributed by atoms with Crippen molar-refractivity contribution in [3.05, 3.63) is 0 Å². The normalized spacial score (nSPS) is 23.8. The summed E-state index contributed by atoms with van der Waals surface area (Å²) in [5, 5.41) is 3.34. The van der Waals surface area contributed by atoms with Gasteiger partial charge in [-0.25, -0.2) is 0 Å². The molecule has 2 unspecified atom stereocenters. The van der Waals surface area contributed by atoms with E-state index in [0.29, 0.717) is 38.4 Å². The van der Waals surface area contributed by atoms with Gasteiger partial charge in [0.15, 0.2) is 0 Å². The van der Waals surface area contributed by atoms with Gasteiger partial charge in [-0.2, -0.15) is 0 Å². The number of primary amides is 1. The second kappa shape index (κ2) is 10.2. The van der Waals surface area contributed by atoms with E-state index in [4.69, 9.17) is 5.73 Å². The third-order valence-electron chi connectivity index (χ3n) is 6.25. The fourth-order valence-electron chi connectivity index (χ4n) is 4.37. The molecule has 3 N–H and O–H groups in total. The zero-order valence-electron chi connectivity index (χ0n) is 17.9. The van der Waals surface area contributed by atoms with Crippen molar-refractivity contribution in [1.29, 1.82) is 0 Å². The van der Waals surface area contributed by atoms with Crippen molar-refractivity contribution in [1.82, 2.24) is 15.1 Å². The summed E-state index contributed by atoms with van der Waals surface area (Å²) in [6.07, 6.45) is 3.60. The first kappa shape index (κ1) is 22.7. The van der Waals surface area contributed by atoms with Gasteiger partial charge in [0.25, 0.3) is 0 Å². The molecule has 2 aliphatic heterocycles. The third kappa shape index (κ3) is 5.69. The van der Waals surface area contributed by atoms with Crippen molar-refractivity contribution in [2.24, 2.45) is 23.5 Å². The highest BCUT2D eigenvalue weighted by atomic mass is 16.2. The van der Waals surface area contributed by atoms with Crippen LogP contribution in [0.5, 0.6) is 0 Å². The zero-order valence-corrected chi connectivity index (χ0v) is 17.9. The van der Waals surface area contributed by atoms with Crippen LogP contribution < -0.4 is 11.1 Å². The number of nitrogens with two attached hydrogens (primary N) is 1. The summed E-state index contributed by atoms with van der Waals surface area (Å²) in [6, 6.07) is -0.601. The van der Waals surface area contributed by atoms with Gasteiger partial charge in [0, 0.05) is 32.6 Å². The Labute approximate surface area is 169 Å². The highest BCUT2D eigenvalue weighted by molar-refractivity contribution is 5.90. The smallest absolute Gasteiger partial charge is 0.245 e. The van der Waals surface area contributed by atoms with Crippen LogP contribution in [0.15, 0.2) is 0 Å². The largest absolute Gasteiger partial charge is 0.370 e. The maximum atomic E-state index is 13.4. The topological polar surface area (TPSA) is 95.7 Å². The number of carbonyl (C=O) groups is 3. The van der Waals surface area contributed by atoms with Gasteiger partial charge in [-0.3, -0.25) is 14.4 Å². The van der Waals surface area contributed by atoms with E-state index in [0.717, 1.165) is 25.8 Å². The maximum absolute atomic E-state index is 13.4. The Morgan fingerprint density at radius 2 is 1.82 bits per heavy atom. The van der Waals surface area contributed by atoms with Crippen LogP contribution >= 0.6 is 0 Å². The summed E-state index contributed by atoms with van der Waals surface area (Å²) in [6.45, 7) is 10.9. The van der Waals surface area contributed by atoms with Crippen molar-refractivity contribution >= 4 is 17.7 Å². The molecule has 2 saturated heterocycles. The second-order valence-corrected chi connectivity index (χ2v) is 8.93. The monoisotopic (exact) mass is 394 g/mol. The van der Waals surface area contributed by atoms with E-state index >= 15 is 0 Å². The number of piperidine rings is 1. The van der Waals surface area contributed by atoms with E-state index in [-0.39, 0.29) is 35.6 Å². The van der Waals surface area contributed by atoms with Crippen molar-refractivity contribution < 1.29 is 14.4 Å². The molecule has 3 atom stereocenters. The minimum Gasteiger partial charge on any atom is -0.370 e. The zero-order chi connectivity index (χ0) is 20.8. The van der Waals surface area contributed by atoms with Crippen LogP contribution in [0.4, 0.5) is 0 Å². The molecule has 2 aliphatic rings. The van der Waals surface area contributed by atoms with Crippen LogP contribution in [0, 0.1) is 17.8 Å². The van der Waals surface area contributed by atoms with Crippen LogP contribution in [0.3, 0.4) is 0 Å². The fourth-order valence-corrected chi connectivity index (χ4v) is 4.37. The Kier molecular flexibility index (Phi) is 8.28. The molecule has 0 bridgehead atoms. The summed E-state index contributed by atoms with van der Waals surface area (Å²) < 4.78 is 0. The van der Waals surface area contributed by atoms with Crippen molar-refractivity contribution in [3.63, 3.8) is 0 Å². The molecule has 28 heavy (non-hydrogen) atoms. The number of carbonyl (C=O) groups excluding carboxylic acids is 3. The summed E-state index contributed by atoms with van der Waals surface area (Å²) in [4.78, 5) is 41.4. The Bertz CT molecular complexity index is 558. The lowest BCUT2D eigenvalue weighted by Gasteiger charge is -2.42. The van der Waals surface area contributed by atoms with E-state index in [1.807, 2.05) is 9.80 Å². The minimum atomic E-state index is -0.395. The van der Waals surface area contributed by atoms with Gasteiger partial charge in [-0.15, -0.1) is 0 Å². The number of nitrogens with zero attached hydrogens (tertiary/aromatic N) is 2. The average Bonchev–Trinajstić information content (AvgIpc) is 2.65. The molecule has 2 fully saturated rings. The van der Waals surface area contributed by atoms with E-state index in [1.165, 1.54) is 0 Å². The number of amides is 3. The molecule has 0 aromatic carbocycles. The van der Waals surface area contributed by atoms with Gasteiger partial charge in [-0.05, 0) is 37.0 Å². The van der Waals surface area contributed by atoms with Crippen LogP contribution in [0.1, 0.15) is 59.8 Å². The van der Waals surface area contributed by atoms with Crippen LogP contribution in [-0.4, -0.2) is 65.8 Å². The van der Waals surface area contributed by atoms with Crippen LogP contribution in [0.2, 0.25) is 0 Å². The number of nitrogens with one attached hydrogen (secondary N) is 1. The molecule has 7 heteroatoms. The molecule has 0 aromatic rings. The molecule has 3 amide bonds. The Balaban J connectivity index is 2.09. The predicted octanol–water partition coefficient (Wildman–Crippen LogP) is 1.36. The molecule has 0 aliphatic carbocycles. The van der Waals surface area contributed by atoms with Crippen LogP contribution in [-0.2, 0) is 14.4 Å². The third-order valence-corrected chi connectivity index (χ3v) is 6.25. The van der Waals surface area contributed by atoms with E-state index in [1.54, 1.807) is 0 Å². The lowest BCUT2D eigenvalue weighted by atomic mass is 9.91. The molecule has 0 spiro atoms. The van der Waals surface area contributed by atoms with Gasteiger partial charge < -0.3 is 20.9 Å². The SMILES string of the molecule is CCC(C)[C@@H]1NCCN(C(CC(C)C)C(=O)N2CCC(CC(N)=O)CC2)C1=O. The number of rotatable bonds is 8. The summed E-state index contributed by atoms with van der Waals surface area (Å²) in [5.74, 6) is 0.680. The summed E-state index contributed by atoms with van der Waals surface area (Å²) in [5.41, 5.74) is 5.31. The molecule has 2 rings (SSSR count). The lowest BCUT2D eigenvalue weighted by Crippen LogP contribution is -2.63. The first-order valence-corrected chi connectivity index (χ1v) is 10.9. The van der Waals surface area contributed by atoms with E-state index in [2.05, 4.69) is 33.0 Å². The molecule has 0 saturated carbocycles. The Morgan fingerprint density at radius 3 is 2.36 bits per heavy atom. The van der Waals surface area contributed by atoms with Gasteiger partial charge in [-0.1, -0.05) is 34.1 Å². The van der Waals surface area contributed by atoms with Gasteiger partial charge in [0.05, 0.1) is 6.04 Å². The maximum Gasteiger partial charge on any atom is 0.245 e. The average molecular weight is 395 g/mol. The minimum absolute atomic E-state index is 0.0585. The molecule has 0 aromatic heterocycles. The number of piperazine rings is 1. The molecule has 2 heterocycles. The van der Waals surface area contributed by atoms with E-state index < -0.39 is 6.04 Å². The molecule has 7 nitrogen and oxygen atoms in total. The molecular weight excluding hydrogens is 356 g/mol. The second-order valence-electron chi connectivity index (χ2n) is 8.93. The molecule has 0 radical (unpaired) electrons. The fraction of sp³-hybridized carbons (Fsp3) is 0.857. The Hall–Kier alpha value is -1.63. The molecular formula is C21H38N4O3. The van der Waals surface area contributed by atoms with Gasteiger partial charge in [0.2, 0.25) is 17.7 Å². The molecule has 160 valence electrons. The number of likely N-dealkylation sites (tertiary alicyclic amines) is 1. The first-order valence-electron chi connectivity index (χ1n) is 10.9. The van der Waals surface area contributed by atoms with E-state index in [9.17, 15) is 14.4 Å². The number of hydrogen-bond acceptors (Lipinski definition) is 4. The first-order chi connectivity index (χ1) is 13.2. The standard InChI is InChI=1S/C21H38N4O3/c1-5-15(4)19-21(28)25(11-8-23-19)17(12-14(2)3)20(27)24-9-6-16(7-10-24)13-18(22)26/h14-17,19,23H,5-13H2,1-4H3,(H2,22,26)/t15?,17?,19-/m0/s1. The summed E-state index contributed by atoms with van der Waals surface area (Å²) >= 11 is 0. The van der Waals surface area contributed by atoms with Crippen molar-refractivity contribution in [2.75, 3.05) is 26.2 Å². The summed E-state index contributed by atoms with van der Waals surface area (Å²) in [7, 11) is 0. The van der Waals surface area contributed by atoms with Crippen LogP contribution in [0.25, 0.3) is 0 Å². The number of hydrogen-bond donors (Lipinski definition) is 2. The van der Waals surface area contributed by atoms with Gasteiger partial charge >= 0.3 is 0 Å². The highest BCUT2D eigenvalue weighted by Gasteiger charge is 2.40. The van der Waals surface area contributed by atoms with Gasteiger partial charge in [0.1, 0.15) is 6.04 Å². The Morgan fingerprint density at radius 1 is 1.18 bits per heavy atom. The quantitative estimate of drug-likeness (QED) is 0.650. The van der Waals surface area contributed by atoms with Crippen molar-refractivity contribution in [3.8, 4) is 0 Å².